The smallest absolute Gasteiger partial charge is 0.124 e. The maximum absolute atomic E-state index is 6.18. The van der Waals surface area contributed by atoms with Crippen molar-refractivity contribution < 1.29 is 4.74 Å². The lowest BCUT2D eigenvalue weighted by Gasteiger charge is -2.18. The standard InChI is InChI=1S/C17H20ClNOS/c1-19-17(13-10-12(18)7-8-14(13)20-2)16-9-11-5-3-4-6-15(11)21-16/h7-10,17,19H,3-6H2,1-2H3. The quantitative estimate of drug-likeness (QED) is 0.888. The monoisotopic (exact) mass is 321 g/mol. The van der Waals surface area contributed by atoms with E-state index in [2.05, 4.69) is 11.4 Å². The Bertz CT molecular complexity index is 614. The fourth-order valence-electron chi connectivity index (χ4n) is 3.04. The second-order valence-electron chi connectivity index (χ2n) is 5.41. The molecule has 1 aromatic heterocycles. The molecule has 1 aliphatic carbocycles. The van der Waals surface area contributed by atoms with E-state index in [0.29, 0.717) is 0 Å². The minimum absolute atomic E-state index is 0.134. The molecule has 1 heterocycles. The molecule has 1 atom stereocenters. The van der Waals surface area contributed by atoms with Crippen LogP contribution in [0.5, 0.6) is 5.75 Å². The van der Waals surface area contributed by atoms with Crippen LogP contribution < -0.4 is 10.1 Å². The molecule has 1 aromatic carbocycles. The van der Waals surface area contributed by atoms with E-state index in [1.807, 2.05) is 36.6 Å². The second-order valence-corrected chi connectivity index (χ2v) is 7.02. The molecule has 0 spiro atoms. The Morgan fingerprint density at radius 2 is 2.05 bits per heavy atom. The topological polar surface area (TPSA) is 21.3 Å². The summed E-state index contributed by atoms with van der Waals surface area (Å²) in [5, 5.41) is 4.16. The molecule has 0 bridgehead atoms. The van der Waals surface area contributed by atoms with Crippen molar-refractivity contribution in [2.45, 2.75) is 31.7 Å². The predicted octanol–water partition coefficient (Wildman–Crippen LogP) is 4.60. The molecule has 0 radical (unpaired) electrons. The van der Waals surface area contributed by atoms with Gasteiger partial charge in [-0.1, -0.05) is 11.6 Å². The molecule has 0 aliphatic heterocycles. The van der Waals surface area contributed by atoms with Crippen LogP contribution in [0.15, 0.2) is 24.3 Å². The van der Waals surface area contributed by atoms with Crippen LogP contribution in [0.25, 0.3) is 0 Å². The number of halogens is 1. The van der Waals surface area contributed by atoms with Gasteiger partial charge in [-0.05, 0) is 62.6 Å². The molecule has 0 saturated carbocycles. The Morgan fingerprint density at radius 3 is 2.76 bits per heavy atom. The summed E-state index contributed by atoms with van der Waals surface area (Å²) < 4.78 is 5.51. The third-order valence-electron chi connectivity index (χ3n) is 4.09. The SMILES string of the molecule is CNC(c1cc2c(s1)CCCC2)c1cc(Cl)ccc1OC. The minimum atomic E-state index is 0.134. The first-order valence-corrected chi connectivity index (χ1v) is 8.54. The summed E-state index contributed by atoms with van der Waals surface area (Å²) in [6.45, 7) is 0. The molecule has 0 amide bonds. The van der Waals surface area contributed by atoms with E-state index < -0.39 is 0 Å². The average molecular weight is 322 g/mol. The highest BCUT2D eigenvalue weighted by atomic mass is 35.5. The van der Waals surface area contributed by atoms with Crippen LogP contribution in [0.2, 0.25) is 5.02 Å². The number of rotatable bonds is 4. The number of hydrogen-bond donors (Lipinski definition) is 1. The molecule has 21 heavy (non-hydrogen) atoms. The maximum Gasteiger partial charge on any atom is 0.124 e. The van der Waals surface area contributed by atoms with E-state index in [1.54, 1.807) is 12.0 Å². The third-order valence-corrected chi connectivity index (χ3v) is 5.63. The summed E-state index contributed by atoms with van der Waals surface area (Å²) in [6, 6.07) is 8.31. The van der Waals surface area contributed by atoms with Crippen LogP contribution in [0.1, 0.15) is 39.8 Å². The normalized spacial score (nSPS) is 15.6. The fourth-order valence-corrected chi connectivity index (χ4v) is 4.61. The van der Waals surface area contributed by atoms with Crippen LogP contribution in [-0.2, 0) is 12.8 Å². The largest absolute Gasteiger partial charge is 0.496 e. The van der Waals surface area contributed by atoms with Crippen molar-refractivity contribution in [1.82, 2.24) is 5.32 Å². The highest BCUT2D eigenvalue weighted by molar-refractivity contribution is 7.12. The molecular weight excluding hydrogens is 302 g/mol. The van der Waals surface area contributed by atoms with E-state index in [9.17, 15) is 0 Å². The van der Waals surface area contributed by atoms with Gasteiger partial charge in [0.1, 0.15) is 5.75 Å². The summed E-state index contributed by atoms with van der Waals surface area (Å²) in [5.41, 5.74) is 2.63. The van der Waals surface area contributed by atoms with Gasteiger partial charge in [-0.3, -0.25) is 0 Å². The molecular formula is C17H20ClNOS. The van der Waals surface area contributed by atoms with E-state index in [1.165, 1.54) is 36.1 Å². The van der Waals surface area contributed by atoms with Gasteiger partial charge >= 0.3 is 0 Å². The summed E-state index contributed by atoms with van der Waals surface area (Å²) in [7, 11) is 3.70. The number of nitrogens with one attached hydrogen (secondary N) is 1. The molecule has 1 aliphatic rings. The van der Waals surface area contributed by atoms with Gasteiger partial charge in [0, 0.05) is 20.3 Å². The molecule has 3 rings (SSSR count). The van der Waals surface area contributed by atoms with Crippen molar-refractivity contribution in [2.24, 2.45) is 0 Å². The third kappa shape index (κ3) is 2.96. The Labute approximate surface area is 135 Å². The molecule has 1 unspecified atom stereocenters. The van der Waals surface area contributed by atoms with Crippen LogP contribution in [-0.4, -0.2) is 14.2 Å². The van der Waals surface area contributed by atoms with Crippen LogP contribution in [0, 0.1) is 0 Å². The lowest BCUT2D eigenvalue weighted by atomic mass is 9.97. The number of benzene rings is 1. The van der Waals surface area contributed by atoms with Crippen LogP contribution in [0.4, 0.5) is 0 Å². The summed E-state index contributed by atoms with van der Waals surface area (Å²) in [6.07, 6.45) is 5.07. The summed E-state index contributed by atoms with van der Waals surface area (Å²) in [5.74, 6) is 0.880. The lowest BCUT2D eigenvalue weighted by molar-refractivity contribution is 0.405. The number of thiophene rings is 1. The summed E-state index contributed by atoms with van der Waals surface area (Å²) in [4.78, 5) is 2.91. The van der Waals surface area contributed by atoms with Crippen LogP contribution >= 0.6 is 22.9 Å². The van der Waals surface area contributed by atoms with Gasteiger partial charge in [0.15, 0.2) is 0 Å². The van der Waals surface area contributed by atoms with Gasteiger partial charge in [-0.25, -0.2) is 0 Å². The van der Waals surface area contributed by atoms with Gasteiger partial charge in [-0.2, -0.15) is 0 Å². The minimum Gasteiger partial charge on any atom is -0.496 e. The first-order valence-electron chi connectivity index (χ1n) is 7.35. The van der Waals surface area contributed by atoms with E-state index in [0.717, 1.165) is 16.3 Å². The van der Waals surface area contributed by atoms with Crippen molar-refractivity contribution in [1.29, 1.82) is 0 Å². The molecule has 0 saturated heterocycles. The molecule has 112 valence electrons. The van der Waals surface area contributed by atoms with Gasteiger partial charge in [0.05, 0.1) is 13.2 Å². The number of fused-ring (bicyclic) bond motifs is 1. The van der Waals surface area contributed by atoms with Gasteiger partial charge in [0.25, 0.3) is 0 Å². The predicted molar refractivity (Wildman–Crippen MR) is 89.9 cm³/mol. The van der Waals surface area contributed by atoms with E-state index >= 15 is 0 Å². The maximum atomic E-state index is 6.18. The number of methoxy groups -OCH3 is 1. The van der Waals surface area contributed by atoms with Crippen molar-refractivity contribution in [3.63, 3.8) is 0 Å². The zero-order valence-corrected chi connectivity index (χ0v) is 14.0. The number of hydrogen-bond acceptors (Lipinski definition) is 3. The second kappa shape index (κ2) is 6.39. The molecule has 0 fully saturated rings. The lowest BCUT2D eigenvalue weighted by Crippen LogP contribution is -2.17. The number of aryl methyl sites for hydroxylation is 2. The Morgan fingerprint density at radius 1 is 1.24 bits per heavy atom. The Kier molecular flexibility index (Phi) is 4.53. The average Bonchev–Trinajstić information content (AvgIpc) is 2.92. The Hall–Kier alpha value is -1.03. The van der Waals surface area contributed by atoms with Crippen molar-refractivity contribution in [2.75, 3.05) is 14.2 Å². The Balaban J connectivity index is 2.02. The molecule has 2 aromatic rings. The van der Waals surface area contributed by atoms with Crippen molar-refractivity contribution in [3.8, 4) is 5.75 Å². The number of ether oxygens (including phenoxy) is 1. The highest BCUT2D eigenvalue weighted by Gasteiger charge is 2.22. The van der Waals surface area contributed by atoms with Gasteiger partial charge in [0.2, 0.25) is 0 Å². The first kappa shape index (κ1) is 14.9. The van der Waals surface area contributed by atoms with Crippen molar-refractivity contribution >= 4 is 22.9 Å². The first-order chi connectivity index (χ1) is 10.2. The summed E-state index contributed by atoms with van der Waals surface area (Å²) >= 11 is 8.11. The molecule has 2 nitrogen and oxygen atoms in total. The van der Waals surface area contributed by atoms with Gasteiger partial charge < -0.3 is 10.1 Å². The zero-order chi connectivity index (χ0) is 14.8. The van der Waals surface area contributed by atoms with E-state index in [-0.39, 0.29) is 6.04 Å². The van der Waals surface area contributed by atoms with Crippen LogP contribution in [0.3, 0.4) is 0 Å². The highest BCUT2D eigenvalue weighted by Crippen LogP contribution is 2.38. The van der Waals surface area contributed by atoms with Gasteiger partial charge in [-0.15, -0.1) is 11.3 Å². The van der Waals surface area contributed by atoms with E-state index in [4.69, 9.17) is 16.3 Å². The zero-order valence-electron chi connectivity index (χ0n) is 12.4. The van der Waals surface area contributed by atoms with Crippen molar-refractivity contribution in [3.05, 3.63) is 50.2 Å². The fraction of sp³-hybridized carbons (Fsp3) is 0.412. The molecule has 1 N–H and O–H groups in total. The molecule has 4 heteroatoms.